The molecular weight excluding hydrogens is 412 g/mol. The van der Waals surface area contributed by atoms with Gasteiger partial charge in [-0.2, -0.15) is 5.26 Å². The Morgan fingerprint density at radius 1 is 1.03 bits per heavy atom. The summed E-state index contributed by atoms with van der Waals surface area (Å²) in [6, 6.07) is 18.6. The van der Waals surface area contributed by atoms with Gasteiger partial charge in [0.05, 0.1) is 24.2 Å². The average Bonchev–Trinajstić information content (AvgIpc) is 3.62. The highest BCUT2D eigenvalue weighted by Crippen LogP contribution is 2.49. The Bertz CT molecular complexity index is 1070. The molecule has 2 saturated heterocycles. The van der Waals surface area contributed by atoms with Crippen LogP contribution < -0.4 is 9.64 Å². The zero-order valence-corrected chi connectivity index (χ0v) is 18.9. The summed E-state index contributed by atoms with van der Waals surface area (Å²) in [4.78, 5) is 20.7. The normalized spacial score (nSPS) is 26.8. The minimum atomic E-state index is 0.00330. The second kappa shape index (κ2) is 8.39. The Hall–Kier alpha value is -3.04. The zero-order valence-electron chi connectivity index (χ0n) is 18.9. The van der Waals surface area contributed by atoms with E-state index in [0.29, 0.717) is 24.1 Å². The number of hydrogen-bond donors (Lipinski definition) is 0. The molecular formula is C27H30N4O2. The van der Waals surface area contributed by atoms with Crippen molar-refractivity contribution in [2.24, 2.45) is 17.8 Å². The lowest BCUT2D eigenvalue weighted by molar-refractivity contribution is -0.137. The molecule has 3 atom stereocenters. The van der Waals surface area contributed by atoms with Gasteiger partial charge < -0.3 is 14.5 Å². The number of nitriles is 1. The Morgan fingerprint density at radius 3 is 2.52 bits per heavy atom. The maximum Gasteiger partial charge on any atom is 0.227 e. The van der Waals surface area contributed by atoms with Gasteiger partial charge in [0.1, 0.15) is 5.75 Å². The summed E-state index contributed by atoms with van der Waals surface area (Å²) in [5.74, 6) is 2.31. The summed E-state index contributed by atoms with van der Waals surface area (Å²) >= 11 is 0. The average molecular weight is 443 g/mol. The fourth-order valence-corrected chi connectivity index (χ4v) is 5.92. The molecule has 0 unspecified atom stereocenters. The van der Waals surface area contributed by atoms with Crippen LogP contribution in [-0.4, -0.2) is 61.6 Å². The van der Waals surface area contributed by atoms with Crippen LogP contribution in [0.3, 0.4) is 0 Å². The molecule has 0 spiro atoms. The molecule has 33 heavy (non-hydrogen) atoms. The van der Waals surface area contributed by atoms with E-state index in [2.05, 4.69) is 39.0 Å². The fraction of sp³-hybridized carbons (Fsp3) is 0.481. The van der Waals surface area contributed by atoms with E-state index < -0.39 is 0 Å². The number of nitrogens with zero attached hydrogens (tertiary/aromatic N) is 4. The number of likely N-dealkylation sites (tertiary alicyclic amines) is 1. The zero-order chi connectivity index (χ0) is 22.4. The molecule has 6 rings (SSSR count). The predicted octanol–water partition coefficient (Wildman–Crippen LogP) is 3.30. The number of amides is 1. The Morgan fingerprint density at radius 2 is 1.79 bits per heavy atom. The van der Waals surface area contributed by atoms with Gasteiger partial charge in [-0.1, -0.05) is 18.2 Å². The van der Waals surface area contributed by atoms with Crippen LogP contribution in [0, 0.1) is 29.1 Å². The molecule has 1 aliphatic carbocycles. The second-order valence-corrected chi connectivity index (χ2v) is 9.93. The quantitative estimate of drug-likeness (QED) is 0.727. The summed E-state index contributed by atoms with van der Waals surface area (Å²) in [6.07, 6.45) is 2.64. The van der Waals surface area contributed by atoms with Crippen molar-refractivity contribution in [1.82, 2.24) is 9.80 Å². The number of ether oxygens (including phenoxy) is 1. The number of carbonyl (C=O) groups excluding carboxylic acids is 1. The first kappa shape index (κ1) is 20.6. The molecule has 2 aromatic rings. The molecule has 1 amide bonds. The molecule has 6 heteroatoms. The lowest BCUT2D eigenvalue weighted by Crippen LogP contribution is -2.51. The van der Waals surface area contributed by atoms with Crippen molar-refractivity contribution in [3.05, 3.63) is 59.7 Å². The number of anilines is 1. The van der Waals surface area contributed by atoms with Crippen LogP contribution in [0.1, 0.15) is 30.0 Å². The highest BCUT2D eigenvalue weighted by atomic mass is 16.5. The van der Waals surface area contributed by atoms with Gasteiger partial charge in [-0.15, -0.1) is 0 Å². The van der Waals surface area contributed by atoms with Crippen molar-refractivity contribution in [2.75, 3.05) is 50.8 Å². The minimum absolute atomic E-state index is 0.00330. The molecule has 3 aliphatic heterocycles. The van der Waals surface area contributed by atoms with Gasteiger partial charge in [-0.05, 0) is 49.1 Å². The van der Waals surface area contributed by atoms with Crippen LogP contribution in [0.15, 0.2) is 48.5 Å². The molecule has 4 aliphatic rings. The molecule has 0 bridgehead atoms. The van der Waals surface area contributed by atoms with Crippen LogP contribution >= 0.6 is 0 Å². The predicted molar refractivity (Wildman–Crippen MR) is 126 cm³/mol. The summed E-state index contributed by atoms with van der Waals surface area (Å²) in [7, 11) is 0. The highest BCUT2D eigenvalue weighted by molar-refractivity contribution is 5.80. The number of benzene rings is 2. The van der Waals surface area contributed by atoms with Gasteiger partial charge in [-0.3, -0.25) is 9.69 Å². The number of rotatable bonds is 4. The van der Waals surface area contributed by atoms with Crippen molar-refractivity contribution in [1.29, 1.82) is 5.26 Å². The minimum Gasteiger partial charge on any atom is -0.493 e. The van der Waals surface area contributed by atoms with Gasteiger partial charge >= 0.3 is 0 Å². The lowest BCUT2D eigenvalue weighted by Gasteiger charge is -2.38. The molecule has 0 aromatic heterocycles. The Labute approximate surface area is 195 Å². The first-order valence-corrected chi connectivity index (χ1v) is 12.2. The molecule has 0 radical (unpaired) electrons. The molecule has 3 fully saturated rings. The SMILES string of the molecule is N#Cc1ccc(N2CCN(C(=O)[C@@H]3CN(CC4CC4)[C@H]4c5ccccc5OC[C@@H]34)CC2)cc1. The van der Waals surface area contributed by atoms with E-state index in [9.17, 15) is 4.79 Å². The smallest absolute Gasteiger partial charge is 0.227 e. The third kappa shape index (κ3) is 3.85. The summed E-state index contributed by atoms with van der Waals surface area (Å²) in [6.45, 7) is 5.71. The van der Waals surface area contributed by atoms with Gasteiger partial charge in [0.25, 0.3) is 0 Å². The van der Waals surface area contributed by atoms with Crippen molar-refractivity contribution in [2.45, 2.75) is 18.9 Å². The number of hydrogen-bond acceptors (Lipinski definition) is 5. The summed E-state index contributed by atoms with van der Waals surface area (Å²) in [5.41, 5.74) is 3.06. The molecule has 2 aromatic carbocycles. The van der Waals surface area contributed by atoms with Crippen LogP contribution in [0.4, 0.5) is 5.69 Å². The van der Waals surface area contributed by atoms with E-state index in [1.165, 1.54) is 18.4 Å². The van der Waals surface area contributed by atoms with Crippen LogP contribution in [0.25, 0.3) is 0 Å². The van der Waals surface area contributed by atoms with Gasteiger partial charge in [0, 0.05) is 62.5 Å². The molecule has 170 valence electrons. The first-order valence-electron chi connectivity index (χ1n) is 12.2. The number of fused-ring (bicyclic) bond motifs is 3. The molecule has 3 heterocycles. The fourth-order valence-electron chi connectivity index (χ4n) is 5.92. The highest BCUT2D eigenvalue weighted by Gasteiger charge is 2.50. The number of carbonyl (C=O) groups is 1. The third-order valence-electron chi connectivity index (χ3n) is 7.88. The van der Waals surface area contributed by atoms with Crippen molar-refractivity contribution >= 4 is 11.6 Å². The van der Waals surface area contributed by atoms with Crippen LogP contribution in [0.5, 0.6) is 5.75 Å². The van der Waals surface area contributed by atoms with E-state index in [-0.39, 0.29) is 11.8 Å². The van der Waals surface area contributed by atoms with E-state index in [1.807, 2.05) is 30.3 Å². The summed E-state index contributed by atoms with van der Waals surface area (Å²) in [5, 5.41) is 9.03. The Kier molecular flexibility index (Phi) is 5.22. The van der Waals surface area contributed by atoms with Crippen LogP contribution in [-0.2, 0) is 4.79 Å². The van der Waals surface area contributed by atoms with Crippen molar-refractivity contribution < 1.29 is 9.53 Å². The van der Waals surface area contributed by atoms with E-state index in [1.54, 1.807) is 0 Å². The topological polar surface area (TPSA) is 59.8 Å². The van der Waals surface area contributed by atoms with Crippen LogP contribution in [0.2, 0.25) is 0 Å². The second-order valence-electron chi connectivity index (χ2n) is 9.93. The number of piperazine rings is 1. The van der Waals surface area contributed by atoms with E-state index >= 15 is 0 Å². The largest absolute Gasteiger partial charge is 0.493 e. The third-order valence-corrected chi connectivity index (χ3v) is 7.88. The first-order chi connectivity index (χ1) is 16.2. The summed E-state index contributed by atoms with van der Waals surface area (Å²) < 4.78 is 6.14. The molecule has 0 N–H and O–H groups in total. The van der Waals surface area contributed by atoms with Gasteiger partial charge in [0.15, 0.2) is 0 Å². The van der Waals surface area contributed by atoms with Gasteiger partial charge in [-0.25, -0.2) is 0 Å². The van der Waals surface area contributed by atoms with Gasteiger partial charge in [0.2, 0.25) is 5.91 Å². The van der Waals surface area contributed by atoms with E-state index in [0.717, 1.165) is 56.6 Å². The maximum atomic E-state index is 13.7. The maximum absolute atomic E-state index is 13.7. The van der Waals surface area contributed by atoms with E-state index in [4.69, 9.17) is 10.00 Å². The standard InChI is InChI=1S/C27H30N4O2/c28-15-19-7-9-21(10-8-19)29-11-13-30(14-12-29)27(32)23-17-31(16-20-5-6-20)26-22-3-1-2-4-25(22)33-18-24(23)26/h1-4,7-10,20,23-24,26H,5-6,11-14,16-18H2/t23-,24+,26+/m1/s1. The lowest BCUT2D eigenvalue weighted by atomic mass is 9.84. The Balaban J connectivity index is 1.16. The monoisotopic (exact) mass is 442 g/mol. The van der Waals surface area contributed by atoms with Crippen molar-refractivity contribution in [3.8, 4) is 11.8 Å². The van der Waals surface area contributed by atoms with Crippen molar-refractivity contribution in [3.63, 3.8) is 0 Å². The molecule has 6 nitrogen and oxygen atoms in total. The molecule has 1 saturated carbocycles. The number of para-hydroxylation sites is 1.